The first kappa shape index (κ1) is 39.0. The molecule has 1 aromatic carbocycles. The standard InChI is InChI=1S/C38H68N2O4Si2/c1-36(2,3)39-34(41)33-25-29-21-17-18-22-30(29)26-40(33)27-32(43-45(10,11)37(4,5)6)24-31(23-28-19-15-14-16-20-28)35(42)44-46(12,13)38(7,8)9/h14-16,19-20,29-33H,17-18,21-27H2,1-13H3,(H,39,41)/t29-,30+,31?,32?,33+/m1/s1. The molecule has 5 atom stereocenters. The van der Waals surface area contributed by atoms with Gasteiger partial charge in [-0.05, 0) is 100 Å². The Morgan fingerprint density at radius 1 is 0.870 bits per heavy atom. The first-order valence-electron chi connectivity index (χ1n) is 18.0. The zero-order chi connectivity index (χ0) is 34.7. The van der Waals surface area contributed by atoms with Gasteiger partial charge in [0.15, 0.2) is 8.32 Å². The molecule has 6 nitrogen and oxygen atoms in total. The lowest BCUT2D eigenvalue weighted by atomic mass is 9.72. The SMILES string of the molecule is CC(C)(C)NC(=O)[C@@H]1C[C@H]2CCCC[C@H]2CN1CC(CC(Cc1ccccc1)C(=O)O[Si](C)(C)C(C)(C)C)O[Si](C)(C)C(C)(C)C. The van der Waals surface area contributed by atoms with Gasteiger partial charge < -0.3 is 14.2 Å². The predicted molar refractivity (Wildman–Crippen MR) is 197 cm³/mol. The summed E-state index contributed by atoms with van der Waals surface area (Å²) in [6.45, 7) is 30.0. The lowest BCUT2D eigenvalue weighted by Crippen LogP contribution is -2.59. The van der Waals surface area contributed by atoms with Crippen LogP contribution >= 0.6 is 0 Å². The molecular weight excluding hydrogens is 605 g/mol. The summed E-state index contributed by atoms with van der Waals surface area (Å²) in [6, 6.07) is 10.1. The summed E-state index contributed by atoms with van der Waals surface area (Å²) in [5.74, 6) is 0.906. The van der Waals surface area contributed by atoms with Crippen LogP contribution in [-0.2, 0) is 24.9 Å². The first-order chi connectivity index (χ1) is 21.0. The van der Waals surface area contributed by atoms with Crippen molar-refractivity contribution in [1.82, 2.24) is 10.2 Å². The van der Waals surface area contributed by atoms with Crippen LogP contribution in [-0.4, -0.2) is 64.2 Å². The number of carbonyl (C=O) groups is 2. The molecule has 1 amide bonds. The summed E-state index contributed by atoms with van der Waals surface area (Å²) < 4.78 is 13.7. The van der Waals surface area contributed by atoms with Crippen molar-refractivity contribution in [2.45, 2.75) is 161 Å². The third-order valence-electron chi connectivity index (χ3n) is 11.4. The number of piperidine rings is 1. The van der Waals surface area contributed by atoms with Gasteiger partial charge in [0.25, 0.3) is 14.3 Å². The van der Waals surface area contributed by atoms with Crippen LogP contribution in [0.3, 0.4) is 0 Å². The number of amides is 1. The maximum atomic E-state index is 14.2. The molecule has 0 bridgehead atoms. The monoisotopic (exact) mass is 672 g/mol. The number of benzene rings is 1. The molecule has 1 aromatic rings. The van der Waals surface area contributed by atoms with Crippen LogP contribution in [0.2, 0.25) is 36.3 Å². The number of likely N-dealkylation sites (tertiary alicyclic amines) is 1. The highest BCUT2D eigenvalue weighted by atomic mass is 28.4. The van der Waals surface area contributed by atoms with Crippen molar-refractivity contribution in [3.05, 3.63) is 35.9 Å². The van der Waals surface area contributed by atoms with Crippen molar-refractivity contribution in [2.24, 2.45) is 17.8 Å². The molecule has 1 saturated heterocycles. The normalized spacial score (nSPS) is 23.3. The van der Waals surface area contributed by atoms with E-state index in [1.165, 1.54) is 25.7 Å². The van der Waals surface area contributed by atoms with Crippen molar-refractivity contribution in [3.63, 3.8) is 0 Å². The van der Waals surface area contributed by atoms with Gasteiger partial charge in [-0.1, -0.05) is 91.1 Å². The van der Waals surface area contributed by atoms with Crippen molar-refractivity contribution >= 4 is 28.5 Å². The Hall–Kier alpha value is -1.49. The van der Waals surface area contributed by atoms with Crippen LogP contribution in [0.25, 0.3) is 0 Å². The minimum Gasteiger partial charge on any atom is -0.519 e. The quantitative estimate of drug-likeness (QED) is 0.238. The number of fused-ring (bicyclic) bond motifs is 1. The Bertz CT molecular complexity index is 1150. The van der Waals surface area contributed by atoms with Gasteiger partial charge in [0, 0.05) is 18.6 Å². The topological polar surface area (TPSA) is 67.9 Å². The van der Waals surface area contributed by atoms with Crippen LogP contribution in [0.1, 0.15) is 106 Å². The molecular formula is C38H68N2O4Si2. The Morgan fingerprint density at radius 3 is 1.98 bits per heavy atom. The minimum absolute atomic E-state index is 0.0151. The molecule has 1 aliphatic carbocycles. The second-order valence-electron chi connectivity index (χ2n) is 18.6. The molecule has 1 aliphatic heterocycles. The molecule has 1 N–H and O–H groups in total. The van der Waals surface area contributed by atoms with Gasteiger partial charge in [0.1, 0.15) is 0 Å². The molecule has 8 heteroatoms. The van der Waals surface area contributed by atoms with Crippen LogP contribution in [0.4, 0.5) is 0 Å². The van der Waals surface area contributed by atoms with E-state index in [4.69, 9.17) is 8.85 Å². The molecule has 262 valence electrons. The van der Waals surface area contributed by atoms with E-state index in [1.807, 2.05) is 18.2 Å². The van der Waals surface area contributed by atoms with E-state index in [1.54, 1.807) is 0 Å². The fourth-order valence-electron chi connectivity index (χ4n) is 6.61. The van der Waals surface area contributed by atoms with Crippen molar-refractivity contribution in [3.8, 4) is 0 Å². The molecule has 1 saturated carbocycles. The average Bonchev–Trinajstić information content (AvgIpc) is 2.90. The van der Waals surface area contributed by atoms with Crippen LogP contribution in [0, 0.1) is 17.8 Å². The molecule has 1 heterocycles. The van der Waals surface area contributed by atoms with E-state index in [0.717, 1.165) is 18.5 Å². The molecule has 0 spiro atoms. The number of carbonyl (C=O) groups excluding carboxylic acids is 2. The first-order valence-corrected chi connectivity index (χ1v) is 23.8. The smallest absolute Gasteiger partial charge is 0.296 e. The summed E-state index contributed by atoms with van der Waals surface area (Å²) in [5, 5.41) is 3.25. The van der Waals surface area contributed by atoms with E-state index >= 15 is 0 Å². The molecule has 2 aliphatic rings. The Morgan fingerprint density at radius 2 is 1.43 bits per heavy atom. The van der Waals surface area contributed by atoms with Gasteiger partial charge in [0.2, 0.25) is 5.91 Å². The predicted octanol–water partition coefficient (Wildman–Crippen LogP) is 8.97. The van der Waals surface area contributed by atoms with E-state index in [-0.39, 0.29) is 45.6 Å². The van der Waals surface area contributed by atoms with Gasteiger partial charge >= 0.3 is 0 Å². The van der Waals surface area contributed by atoms with Gasteiger partial charge in [-0.25, -0.2) is 0 Å². The number of hydrogen-bond acceptors (Lipinski definition) is 5. The highest BCUT2D eigenvalue weighted by Gasteiger charge is 2.46. The van der Waals surface area contributed by atoms with E-state index < -0.39 is 16.6 Å². The van der Waals surface area contributed by atoms with Crippen molar-refractivity contribution in [1.29, 1.82) is 0 Å². The number of nitrogens with one attached hydrogen (secondary N) is 1. The van der Waals surface area contributed by atoms with Crippen LogP contribution in [0.15, 0.2) is 30.3 Å². The van der Waals surface area contributed by atoms with Crippen molar-refractivity contribution < 1.29 is 18.4 Å². The third-order valence-corrected chi connectivity index (χ3v) is 20.2. The largest absolute Gasteiger partial charge is 0.519 e. The number of rotatable bonds is 11. The highest BCUT2D eigenvalue weighted by Crippen LogP contribution is 2.42. The van der Waals surface area contributed by atoms with E-state index in [0.29, 0.717) is 31.2 Å². The highest BCUT2D eigenvalue weighted by molar-refractivity contribution is 6.75. The lowest BCUT2D eigenvalue weighted by molar-refractivity contribution is -0.142. The lowest BCUT2D eigenvalue weighted by Gasteiger charge is -2.48. The molecule has 2 fully saturated rings. The summed E-state index contributed by atoms with van der Waals surface area (Å²) in [4.78, 5) is 30.5. The molecule has 3 rings (SSSR count). The maximum Gasteiger partial charge on any atom is 0.296 e. The minimum atomic E-state index is -2.33. The Balaban J connectivity index is 1.99. The summed E-state index contributed by atoms with van der Waals surface area (Å²) in [5.41, 5.74) is 0.841. The van der Waals surface area contributed by atoms with Crippen LogP contribution < -0.4 is 5.32 Å². The van der Waals surface area contributed by atoms with Gasteiger partial charge in [-0.15, -0.1) is 0 Å². The Kier molecular flexibility index (Phi) is 12.7. The maximum absolute atomic E-state index is 14.2. The summed E-state index contributed by atoms with van der Waals surface area (Å²) in [7, 11) is -4.55. The second-order valence-corrected chi connectivity index (χ2v) is 28.0. The molecule has 46 heavy (non-hydrogen) atoms. The van der Waals surface area contributed by atoms with Gasteiger partial charge in [-0.3, -0.25) is 14.5 Å². The molecule has 2 unspecified atom stereocenters. The van der Waals surface area contributed by atoms with Crippen molar-refractivity contribution in [2.75, 3.05) is 13.1 Å². The van der Waals surface area contributed by atoms with Gasteiger partial charge in [-0.2, -0.15) is 0 Å². The Labute approximate surface area is 284 Å². The van der Waals surface area contributed by atoms with E-state index in [2.05, 4.69) is 111 Å². The summed E-state index contributed by atoms with van der Waals surface area (Å²) >= 11 is 0. The fraction of sp³-hybridized carbons (Fsp3) is 0.789. The number of nitrogens with zero attached hydrogens (tertiary/aromatic N) is 1. The summed E-state index contributed by atoms with van der Waals surface area (Å²) in [6.07, 6.45) is 6.90. The zero-order valence-corrected chi connectivity index (χ0v) is 33.7. The van der Waals surface area contributed by atoms with Crippen LogP contribution in [0.5, 0.6) is 0 Å². The average molecular weight is 673 g/mol. The zero-order valence-electron chi connectivity index (χ0n) is 31.7. The molecule has 0 radical (unpaired) electrons. The second kappa shape index (κ2) is 15.0. The van der Waals surface area contributed by atoms with Gasteiger partial charge in [0.05, 0.1) is 18.1 Å². The molecule has 0 aromatic heterocycles. The number of hydrogen-bond donors (Lipinski definition) is 1. The fourth-order valence-corrected chi connectivity index (χ4v) is 8.94. The van der Waals surface area contributed by atoms with E-state index in [9.17, 15) is 9.59 Å². The third kappa shape index (κ3) is 10.8.